The molecule has 0 unspecified atom stereocenters. The van der Waals surface area contributed by atoms with Gasteiger partial charge in [-0.25, -0.2) is 4.98 Å². The molecule has 1 heterocycles. The van der Waals surface area contributed by atoms with Crippen molar-refractivity contribution >= 4 is 32.3 Å². The van der Waals surface area contributed by atoms with Crippen LogP contribution in [0.2, 0.25) is 0 Å². The van der Waals surface area contributed by atoms with Gasteiger partial charge in [-0.15, -0.1) is 0 Å². The number of hydrogen-bond donors (Lipinski definition) is 0. The molecule has 3 heteroatoms. The van der Waals surface area contributed by atoms with Crippen LogP contribution in [0.1, 0.15) is 5.56 Å². The monoisotopic (exact) mass is 413 g/mol. The predicted octanol–water partition coefficient (Wildman–Crippen LogP) is 6.67. The number of rotatable bonds is 4. The van der Waals surface area contributed by atoms with Gasteiger partial charge in [0.1, 0.15) is 5.75 Å². The Bertz CT molecular complexity index is 1570. The summed E-state index contributed by atoms with van der Waals surface area (Å²) in [6.07, 6.45) is 5.72. The Kier molecular flexibility index (Phi) is 4.51. The quantitative estimate of drug-likeness (QED) is 0.238. The summed E-state index contributed by atoms with van der Waals surface area (Å²) < 4.78 is 8.60. The Morgan fingerprint density at radius 1 is 0.656 bits per heavy atom. The van der Waals surface area contributed by atoms with E-state index in [1.165, 1.54) is 16.3 Å². The second-order valence-corrected chi connectivity index (χ2v) is 8.00. The van der Waals surface area contributed by atoms with Gasteiger partial charge in [0.25, 0.3) is 5.88 Å². The molecule has 152 valence electrons. The number of aromatic nitrogens is 2. The zero-order valence-corrected chi connectivity index (χ0v) is 17.5. The minimum absolute atomic E-state index is 0.578. The highest BCUT2D eigenvalue weighted by Crippen LogP contribution is 2.38. The van der Waals surface area contributed by atoms with Crippen molar-refractivity contribution in [2.45, 2.75) is 6.54 Å². The number of benzene rings is 5. The molecule has 3 nitrogen and oxygen atoms in total. The average molecular weight is 414 g/mol. The summed E-state index contributed by atoms with van der Waals surface area (Å²) in [5, 5.41) is 6.89. The van der Waals surface area contributed by atoms with Crippen LogP contribution in [0.5, 0.6) is 11.6 Å². The van der Waals surface area contributed by atoms with E-state index >= 15 is 0 Å². The van der Waals surface area contributed by atoms with E-state index in [1.807, 2.05) is 18.5 Å². The molecule has 0 fully saturated rings. The van der Waals surface area contributed by atoms with Crippen LogP contribution in [0.25, 0.3) is 32.3 Å². The van der Waals surface area contributed by atoms with Crippen molar-refractivity contribution in [1.82, 2.24) is 4.98 Å². The van der Waals surface area contributed by atoms with Gasteiger partial charge in [-0.2, -0.15) is 4.57 Å². The molecule has 6 aromatic rings. The van der Waals surface area contributed by atoms with Gasteiger partial charge in [-0.3, -0.25) is 0 Å². The normalized spacial score (nSPS) is 11.2. The van der Waals surface area contributed by atoms with Gasteiger partial charge in [0, 0.05) is 16.3 Å². The largest absolute Gasteiger partial charge is 0.433 e. The van der Waals surface area contributed by atoms with Crippen LogP contribution in [-0.4, -0.2) is 4.98 Å². The molecule has 0 aliphatic rings. The maximum absolute atomic E-state index is 6.50. The smallest absolute Gasteiger partial charge is 0.285 e. The molecule has 0 amide bonds. The molecule has 0 saturated heterocycles. The number of fused-ring (bicyclic) bond motifs is 3. The predicted molar refractivity (Wildman–Crippen MR) is 129 cm³/mol. The third-order valence-corrected chi connectivity index (χ3v) is 5.83. The molecule has 0 bridgehead atoms. The zero-order chi connectivity index (χ0) is 21.3. The van der Waals surface area contributed by atoms with Crippen LogP contribution >= 0.6 is 0 Å². The van der Waals surface area contributed by atoms with Gasteiger partial charge in [0.05, 0.1) is 6.20 Å². The zero-order valence-electron chi connectivity index (χ0n) is 17.5. The van der Waals surface area contributed by atoms with Gasteiger partial charge < -0.3 is 4.74 Å². The maximum atomic E-state index is 6.50. The molecule has 0 spiro atoms. The van der Waals surface area contributed by atoms with E-state index in [1.54, 1.807) is 6.20 Å². The molecule has 6 rings (SSSR count). The fourth-order valence-electron chi connectivity index (χ4n) is 4.29. The Balaban J connectivity index is 1.49. The number of ether oxygens (including phenoxy) is 1. The Morgan fingerprint density at radius 3 is 2.19 bits per heavy atom. The lowest BCUT2D eigenvalue weighted by atomic mass is 9.98. The van der Waals surface area contributed by atoms with Crippen LogP contribution in [0.4, 0.5) is 0 Å². The molecule has 0 aliphatic carbocycles. The van der Waals surface area contributed by atoms with Gasteiger partial charge in [0.2, 0.25) is 6.20 Å². The first-order valence-electron chi connectivity index (χ1n) is 10.7. The third-order valence-electron chi connectivity index (χ3n) is 5.83. The van der Waals surface area contributed by atoms with Gasteiger partial charge in [-0.1, -0.05) is 78.9 Å². The van der Waals surface area contributed by atoms with Crippen LogP contribution in [0, 0.1) is 0 Å². The van der Waals surface area contributed by atoms with Crippen molar-refractivity contribution in [1.29, 1.82) is 0 Å². The summed E-state index contributed by atoms with van der Waals surface area (Å²) in [5.74, 6) is 1.42. The van der Waals surface area contributed by atoms with E-state index in [4.69, 9.17) is 4.74 Å². The van der Waals surface area contributed by atoms with E-state index in [0.29, 0.717) is 5.88 Å². The lowest BCUT2D eigenvalue weighted by Gasteiger charge is -2.13. The van der Waals surface area contributed by atoms with E-state index in [0.717, 1.165) is 33.8 Å². The Hall–Kier alpha value is -4.24. The summed E-state index contributed by atoms with van der Waals surface area (Å²) in [6.45, 7) is 0.765. The third kappa shape index (κ3) is 3.44. The summed E-state index contributed by atoms with van der Waals surface area (Å²) in [7, 11) is 0. The lowest BCUT2D eigenvalue weighted by Crippen LogP contribution is -2.33. The second-order valence-electron chi connectivity index (χ2n) is 8.00. The van der Waals surface area contributed by atoms with Crippen LogP contribution in [-0.2, 0) is 6.54 Å². The first-order chi connectivity index (χ1) is 15.8. The van der Waals surface area contributed by atoms with Crippen molar-refractivity contribution in [3.8, 4) is 11.6 Å². The first-order valence-corrected chi connectivity index (χ1v) is 10.7. The second kappa shape index (κ2) is 7.78. The molecule has 0 saturated carbocycles. The molecule has 1 aromatic heterocycles. The molecule has 5 aromatic carbocycles. The summed E-state index contributed by atoms with van der Waals surface area (Å²) >= 11 is 0. The van der Waals surface area contributed by atoms with Crippen molar-refractivity contribution in [2.24, 2.45) is 0 Å². The maximum Gasteiger partial charge on any atom is 0.285 e. The number of nitrogens with zero attached hydrogens (tertiary/aromatic N) is 2. The molecule has 0 radical (unpaired) electrons. The van der Waals surface area contributed by atoms with E-state index in [9.17, 15) is 0 Å². The molecule has 0 aliphatic heterocycles. The molecule has 0 N–H and O–H groups in total. The van der Waals surface area contributed by atoms with E-state index in [-0.39, 0.29) is 0 Å². The molecular formula is C29H21N2O+. The lowest BCUT2D eigenvalue weighted by molar-refractivity contribution is -0.689. The number of hydrogen-bond acceptors (Lipinski definition) is 2. The first kappa shape index (κ1) is 18.5. The molecule has 0 atom stereocenters. The summed E-state index contributed by atoms with van der Waals surface area (Å²) in [4.78, 5) is 4.51. The highest BCUT2D eigenvalue weighted by Gasteiger charge is 2.14. The highest BCUT2D eigenvalue weighted by molar-refractivity contribution is 6.10. The molecular weight excluding hydrogens is 392 g/mol. The van der Waals surface area contributed by atoms with Gasteiger partial charge >= 0.3 is 0 Å². The fraction of sp³-hybridized carbons (Fsp3) is 0.0345. The van der Waals surface area contributed by atoms with Crippen molar-refractivity contribution in [3.63, 3.8) is 0 Å². The minimum Gasteiger partial charge on any atom is -0.433 e. The standard InChI is InChI=1S/C29H21N2O/c1-2-8-21(9-3-1)19-31-15-14-30-28(20-31)32-29-26-13-7-6-12-24(26)17-25-16-22-10-4-5-11-23(22)18-27(25)29/h1-18,20H,19H2/q+1. The van der Waals surface area contributed by atoms with Crippen LogP contribution in [0.15, 0.2) is 116 Å². The van der Waals surface area contributed by atoms with Crippen LogP contribution < -0.4 is 9.30 Å². The average Bonchev–Trinajstić information content (AvgIpc) is 2.84. The Labute approximate surface area is 186 Å². The highest BCUT2D eigenvalue weighted by atomic mass is 16.5. The van der Waals surface area contributed by atoms with Gasteiger partial charge in [0.15, 0.2) is 12.7 Å². The van der Waals surface area contributed by atoms with Crippen LogP contribution in [0.3, 0.4) is 0 Å². The van der Waals surface area contributed by atoms with E-state index < -0.39 is 0 Å². The SMILES string of the molecule is c1ccc(C[n+]2ccnc(Oc3c4ccccc4cc4cc5ccccc5cc34)c2)cc1. The van der Waals surface area contributed by atoms with Crippen molar-refractivity contribution < 1.29 is 9.30 Å². The molecule has 32 heavy (non-hydrogen) atoms. The van der Waals surface area contributed by atoms with E-state index in [2.05, 4.69) is 101 Å². The van der Waals surface area contributed by atoms with Crippen molar-refractivity contribution in [2.75, 3.05) is 0 Å². The minimum atomic E-state index is 0.578. The summed E-state index contributed by atoms with van der Waals surface area (Å²) in [6, 6.07) is 33.9. The topological polar surface area (TPSA) is 26.0 Å². The fourth-order valence-corrected chi connectivity index (χ4v) is 4.29. The van der Waals surface area contributed by atoms with Crippen molar-refractivity contribution in [3.05, 3.63) is 121 Å². The van der Waals surface area contributed by atoms with Gasteiger partial charge in [-0.05, 0) is 39.7 Å². The Morgan fingerprint density at radius 2 is 1.34 bits per heavy atom. The summed E-state index contributed by atoms with van der Waals surface area (Å²) in [5.41, 5.74) is 1.23.